The molecule has 0 aliphatic heterocycles. The Morgan fingerprint density at radius 2 is 1.86 bits per heavy atom. The summed E-state index contributed by atoms with van der Waals surface area (Å²) in [5.41, 5.74) is 6.52. The summed E-state index contributed by atoms with van der Waals surface area (Å²) in [5, 5.41) is 8.77. The van der Waals surface area contributed by atoms with Crippen molar-refractivity contribution >= 4 is 53.3 Å². The minimum absolute atomic E-state index is 0.0839. The maximum Gasteiger partial charge on any atom is 0.263 e. The summed E-state index contributed by atoms with van der Waals surface area (Å²) in [4.78, 5) is 0.0839. The molecule has 0 amide bonds. The van der Waals surface area contributed by atoms with E-state index in [4.69, 9.17) is 11.0 Å². The quantitative estimate of drug-likeness (QED) is 0.728. The van der Waals surface area contributed by atoms with Crippen molar-refractivity contribution in [2.75, 3.05) is 10.5 Å². The lowest BCUT2D eigenvalue weighted by Gasteiger charge is -2.12. The fourth-order valence-electron chi connectivity index (χ4n) is 1.61. The predicted molar refractivity (Wildman–Crippen MR) is 88.2 cm³/mol. The molecule has 0 unspecified atom stereocenters. The van der Waals surface area contributed by atoms with E-state index in [1.54, 1.807) is 12.1 Å². The molecule has 5 nitrogen and oxygen atoms in total. The van der Waals surface area contributed by atoms with Gasteiger partial charge >= 0.3 is 0 Å². The van der Waals surface area contributed by atoms with Gasteiger partial charge in [0.1, 0.15) is 4.90 Å². The second kappa shape index (κ2) is 6.05. The molecule has 0 heterocycles. The Balaban J connectivity index is 2.43. The molecular formula is C13H9Br2N3O2S. The van der Waals surface area contributed by atoms with Gasteiger partial charge in [0, 0.05) is 8.95 Å². The zero-order valence-corrected chi connectivity index (χ0v) is 14.5. The summed E-state index contributed by atoms with van der Waals surface area (Å²) in [6.07, 6.45) is 0. The number of sulfonamides is 1. The zero-order chi connectivity index (χ0) is 15.6. The lowest BCUT2D eigenvalue weighted by Crippen LogP contribution is -2.14. The molecule has 0 radical (unpaired) electrons. The van der Waals surface area contributed by atoms with Crippen molar-refractivity contribution in [3.8, 4) is 6.07 Å². The van der Waals surface area contributed by atoms with Crippen LogP contribution in [0.1, 0.15) is 5.56 Å². The Morgan fingerprint density at radius 3 is 2.48 bits per heavy atom. The highest BCUT2D eigenvalue weighted by molar-refractivity contribution is 9.11. The van der Waals surface area contributed by atoms with Crippen molar-refractivity contribution < 1.29 is 8.42 Å². The van der Waals surface area contributed by atoms with Gasteiger partial charge in [-0.3, -0.25) is 4.72 Å². The third-order valence-corrected chi connectivity index (χ3v) is 5.46. The molecule has 2 aromatic rings. The SMILES string of the molecule is N#Cc1ccc(NS(=O)(=O)c2cc(Br)ccc2Br)c(N)c1. The molecule has 108 valence electrons. The summed E-state index contributed by atoms with van der Waals surface area (Å²) < 4.78 is 28.3. The molecule has 3 N–H and O–H groups in total. The molecule has 0 aromatic heterocycles. The number of hydrogen-bond donors (Lipinski definition) is 2. The van der Waals surface area contributed by atoms with E-state index in [1.165, 1.54) is 24.3 Å². The van der Waals surface area contributed by atoms with Crippen molar-refractivity contribution in [1.82, 2.24) is 0 Å². The number of nitrogens with one attached hydrogen (secondary N) is 1. The van der Waals surface area contributed by atoms with Crippen molar-refractivity contribution in [3.63, 3.8) is 0 Å². The van der Waals surface area contributed by atoms with E-state index in [2.05, 4.69) is 36.6 Å². The Kier molecular flexibility index (Phi) is 4.56. The molecule has 2 aromatic carbocycles. The highest BCUT2D eigenvalue weighted by atomic mass is 79.9. The molecule has 0 aliphatic rings. The molecule has 0 aliphatic carbocycles. The lowest BCUT2D eigenvalue weighted by molar-refractivity contribution is 0.600. The molecule has 0 fully saturated rings. The van der Waals surface area contributed by atoms with Gasteiger partial charge in [0.25, 0.3) is 10.0 Å². The standard InChI is InChI=1S/C13H9Br2N3O2S/c14-9-2-3-10(15)13(6-9)21(19,20)18-12-4-1-8(7-16)5-11(12)17/h1-6,18H,17H2. The van der Waals surface area contributed by atoms with E-state index in [9.17, 15) is 8.42 Å². The smallest absolute Gasteiger partial charge is 0.263 e. The summed E-state index contributed by atoms with van der Waals surface area (Å²) in [6, 6.07) is 11.1. The maximum absolute atomic E-state index is 12.4. The van der Waals surface area contributed by atoms with Crippen LogP contribution >= 0.6 is 31.9 Å². The van der Waals surface area contributed by atoms with Crippen LogP contribution < -0.4 is 10.5 Å². The average molecular weight is 431 g/mol. The Hall–Kier alpha value is -1.56. The largest absolute Gasteiger partial charge is 0.397 e. The number of benzene rings is 2. The van der Waals surface area contributed by atoms with Crippen LogP contribution in [0.25, 0.3) is 0 Å². The number of nitrogens with two attached hydrogens (primary N) is 1. The lowest BCUT2D eigenvalue weighted by atomic mass is 10.2. The first-order valence-electron chi connectivity index (χ1n) is 5.61. The Morgan fingerprint density at radius 1 is 1.14 bits per heavy atom. The summed E-state index contributed by atoms with van der Waals surface area (Å²) in [7, 11) is -3.80. The van der Waals surface area contributed by atoms with Crippen LogP contribution in [0, 0.1) is 11.3 Å². The van der Waals surface area contributed by atoms with Gasteiger partial charge in [0.15, 0.2) is 0 Å². The number of nitrogens with zero attached hydrogens (tertiary/aromatic N) is 1. The summed E-state index contributed by atoms with van der Waals surface area (Å²) in [6.45, 7) is 0. The molecule has 0 spiro atoms. The van der Waals surface area contributed by atoms with Gasteiger partial charge in [0.2, 0.25) is 0 Å². The van der Waals surface area contributed by atoms with Gasteiger partial charge in [-0.15, -0.1) is 0 Å². The maximum atomic E-state index is 12.4. The minimum Gasteiger partial charge on any atom is -0.397 e. The molecule has 8 heteroatoms. The molecule has 0 saturated carbocycles. The molecule has 0 atom stereocenters. The number of hydrogen-bond acceptors (Lipinski definition) is 4. The first-order chi connectivity index (χ1) is 9.83. The number of halogens is 2. The first-order valence-corrected chi connectivity index (χ1v) is 8.68. The second-order valence-corrected chi connectivity index (χ2v) is 7.51. The zero-order valence-electron chi connectivity index (χ0n) is 10.5. The highest BCUT2D eigenvalue weighted by Gasteiger charge is 2.19. The minimum atomic E-state index is -3.80. The van der Waals surface area contributed by atoms with Crippen molar-refractivity contribution in [2.24, 2.45) is 0 Å². The van der Waals surface area contributed by atoms with Crippen LogP contribution in [-0.4, -0.2) is 8.42 Å². The number of anilines is 2. The van der Waals surface area contributed by atoms with E-state index in [1.807, 2.05) is 6.07 Å². The highest BCUT2D eigenvalue weighted by Crippen LogP contribution is 2.29. The monoisotopic (exact) mass is 429 g/mol. The topological polar surface area (TPSA) is 96.0 Å². The van der Waals surface area contributed by atoms with Crippen LogP contribution in [0.5, 0.6) is 0 Å². The predicted octanol–water partition coefficient (Wildman–Crippen LogP) is 3.47. The van der Waals surface area contributed by atoms with Crippen LogP contribution in [0.3, 0.4) is 0 Å². The van der Waals surface area contributed by atoms with Crippen molar-refractivity contribution in [3.05, 3.63) is 50.9 Å². The second-order valence-electron chi connectivity index (χ2n) is 4.09. The van der Waals surface area contributed by atoms with Gasteiger partial charge in [-0.05, 0) is 52.3 Å². The Bertz CT molecular complexity index is 845. The summed E-state index contributed by atoms with van der Waals surface area (Å²) in [5.74, 6) is 0. The third-order valence-electron chi connectivity index (χ3n) is 2.61. The molecule has 0 saturated heterocycles. The van der Waals surface area contributed by atoms with Crippen molar-refractivity contribution in [2.45, 2.75) is 4.90 Å². The number of rotatable bonds is 3. The van der Waals surface area contributed by atoms with Crippen molar-refractivity contribution in [1.29, 1.82) is 5.26 Å². The van der Waals surface area contributed by atoms with Gasteiger partial charge < -0.3 is 5.73 Å². The van der Waals surface area contributed by atoms with E-state index in [0.29, 0.717) is 14.5 Å². The van der Waals surface area contributed by atoms with Crippen LogP contribution in [0.15, 0.2) is 50.2 Å². The summed E-state index contributed by atoms with van der Waals surface area (Å²) >= 11 is 6.44. The molecular weight excluding hydrogens is 422 g/mol. The van der Waals surface area contributed by atoms with Gasteiger partial charge in [-0.25, -0.2) is 8.42 Å². The molecule has 21 heavy (non-hydrogen) atoms. The van der Waals surface area contributed by atoms with Crippen LogP contribution in [0.2, 0.25) is 0 Å². The Labute approximate surface area is 139 Å². The van der Waals surface area contributed by atoms with E-state index in [-0.39, 0.29) is 16.3 Å². The number of nitrogen functional groups attached to an aromatic ring is 1. The van der Waals surface area contributed by atoms with E-state index in [0.717, 1.165) is 0 Å². The van der Waals surface area contributed by atoms with Crippen LogP contribution in [0.4, 0.5) is 11.4 Å². The van der Waals surface area contributed by atoms with Gasteiger partial charge in [-0.2, -0.15) is 5.26 Å². The van der Waals surface area contributed by atoms with Gasteiger partial charge in [0.05, 0.1) is 23.0 Å². The first kappa shape index (κ1) is 15.8. The van der Waals surface area contributed by atoms with E-state index >= 15 is 0 Å². The number of nitriles is 1. The molecule has 0 bridgehead atoms. The molecule has 2 rings (SSSR count). The van der Waals surface area contributed by atoms with Gasteiger partial charge in [-0.1, -0.05) is 15.9 Å². The third kappa shape index (κ3) is 3.56. The van der Waals surface area contributed by atoms with Crippen LogP contribution in [-0.2, 0) is 10.0 Å². The fourth-order valence-corrected chi connectivity index (χ4v) is 4.20. The average Bonchev–Trinajstić information content (AvgIpc) is 2.43. The normalized spacial score (nSPS) is 10.9. The van der Waals surface area contributed by atoms with E-state index < -0.39 is 10.0 Å². The fraction of sp³-hybridized carbons (Fsp3) is 0.